The van der Waals surface area contributed by atoms with Gasteiger partial charge in [-0.25, -0.2) is 0 Å². The smallest absolute Gasteiger partial charge is 0.283 e. The first kappa shape index (κ1) is 17.4. The maximum Gasteiger partial charge on any atom is 0.283 e. The summed E-state index contributed by atoms with van der Waals surface area (Å²) in [6.07, 6.45) is 2.81. The van der Waals surface area contributed by atoms with E-state index in [1.807, 2.05) is 18.2 Å². The van der Waals surface area contributed by atoms with Crippen LogP contribution in [0.1, 0.15) is 28.8 Å². The maximum absolute atomic E-state index is 12.7. The van der Waals surface area contributed by atoms with Gasteiger partial charge in [0.05, 0.1) is 4.92 Å². The molecule has 0 atom stereocenters. The third kappa shape index (κ3) is 4.17. The molecule has 2 aromatic carbocycles. The van der Waals surface area contributed by atoms with Gasteiger partial charge in [-0.3, -0.25) is 14.9 Å². The Morgan fingerprint density at radius 1 is 1.16 bits per heavy atom. The summed E-state index contributed by atoms with van der Waals surface area (Å²) in [5.74, 6) is 0.244. The van der Waals surface area contributed by atoms with Crippen molar-refractivity contribution in [2.24, 2.45) is 5.92 Å². The predicted octanol–water partition coefficient (Wildman–Crippen LogP) is 4.34. The number of nitrogens with zero attached hydrogens (tertiary/aromatic N) is 2. The molecule has 1 saturated heterocycles. The van der Waals surface area contributed by atoms with Crippen LogP contribution in [0.5, 0.6) is 0 Å². The van der Waals surface area contributed by atoms with E-state index in [2.05, 4.69) is 12.1 Å². The molecule has 25 heavy (non-hydrogen) atoms. The molecule has 130 valence electrons. The van der Waals surface area contributed by atoms with Gasteiger partial charge in [-0.1, -0.05) is 41.9 Å². The molecular formula is C19H19ClN2O3. The average Bonchev–Trinajstić information content (AvgIpc) is 2.62. The quantitative estimate of drug-likeness (QED) is 0.603. The minimum atomic E-state index is -0.554. The fourth-order valence-electron chi connectivity index (χ4n) is 3.29. The summed E-state index contributed by atoms with van der Waals surface area (Å²) in [4.78, 5) is 25.0. The van der Waals surface area contributed by atoms with Crippen molar-refractivity contribution in [2.45, 2.75) is 19.3 Å². The number of nitro groups is 1. The number of piperidine rings is 1. The van der Waals surface area contributed by atoms with Crippen LogP contribution >= 0.6 is 11.6 Å². The van der Waals surface area contributed by atoms with Gasteiger partial charge in [-0.05, 0) is 42.9 Å². The molecule has 0 aliphatic carbocycles. The Morgan fingerprint density at radius 2 is 1.84 bits per heavy atom. The molecule has 1 heterocycles. The van der Waals surface area contributed by atoms with Gasteiger partial charge >= 0.3 is 0 Å². The van der Waals surface area contributed by atoms with Gasteiger partial charge in [0, 0.05) is 24.2 Å². The number of hydrogen-bond acceptors (Lipinski definition) is 3. The highest BCUT2D eigenvalue weighted by molar-refractivity contribution is 6.31. The van der Waals surface area contributed by atoms with Crippen LogP contribution in [0.25, 0.3) is 0 Å². The van der Waals surface area contributed by atoms with Crippen LogP contribution in [-0.4, -0.2) is 28.8 Å². The third-order valence-electron chi connectivity index (χ3n) is 4.66. The molecule has 0 unspecified atom stereocenters. The number of benzene rings is 2. The monoisotopic (exact) mass is 358 g/mol. The van der Waals surface area contributed by atoms with Gasteiger partial charge in [0.2, 0.25) is 0 Å². The summed E-state index contributed by atoms with van der Waals surface area (Å²) in [7, 11) is 0. The lowest BCUT2D eigenvalue weighted by atomic mass is 9.90. The molecule has 1 aliphatic heterocycles. The van der Waals surface area contributed by atoms with Gasteiger partial charge in [0.25, 0.3) is 11.6 Å². The van der Waals surface area contributed by atoms with Crippen molar-refractivity contribution >= 4 is 23.2 Å². The van der Waals surface area contributed by atoms with Gasteiger partial charge in [-0.15, -0.1) is 0 Å². The summed E-state index contributed by atoms with van der Waals surface area (Å²) in [5.41, 5.74) is 1.18. The van der Waals surface area contributed by atoms with Crippen molar-refractivity contribution in [1.29, 1.82) is 0 Å². The topological polar surface area (TPSA) is 63.4 Å². The van der Waals surface area contributed by atoms with Crippen molar-refractivity contribution in [1.82, 2.24) is 4.90 Å². The summed E-state index contributed by atoms with van der Waals surface area (Å²) in [6.45, 7) is 1.24. The van der Waals surface area contributed by atoms with Crippen LogP contribution < -0.4 is 0 Å². The molecule has 0 bridgehead atoms. The van der Waals surface area contributed by atoms with E-state index >= 15 is 0 Å². The Bertz CT molecular complexity index is 771. The standard InChI is InChI=1S/C19H19ClN2O3/c20-16-6-7-17(18(13-16)22(24)25)19(23)21-10-8-15(9-11-21)12-14-4-2-1-3-5-14/h1-7,13,15H,8-12H2. The molecule has 3 rings (SSSR count). The van der Waals surface area contributed by atoms with Crippen molar-refractivity contribution in [3.63, 3.8) is 0 Å². The predicted molar refractivity (Wildman–Crippen MR) is 96.9 cm³/mol. The zero-order chi connectivity index (χ0) is 17.8. The summed E-state index contributed by atoms with van der Waals surface area (Å²) in [6, 6.07) is 14.5. The third-order valence-corrected chi connectivity index (χ3v) is 4.89. The second-order valence-corrected chi connectivity index (χ2v) is 6.78. The summed E-state index contributed by atoms with van der Waals surface area (Å²) < 4.78 is 0. The Balaban J connectivity index is 1.65. The number of halogens is 1. The highest BCUT2D eigenvalue weighted by atomic mass is 35.5. The highest BCUT2D eigenvalue weighted by Gasteiger charge is 2.28. The number of likely N-dealkylation sites (tertiary alicyclic amines) is 1. The Hall–Kier alpha value is -2.40. The number of hydrogen-bond donors (Lipinski definition) is 0. The van der Waals surface area contributed by atoms with E-state index in [4.69, 9.17) is 11.6 Å². The molecule has 0 saturated carbocycles. The lowest BCUT2D eigenvalue weighted by Gasteiger charge is -2.32. The van der Waals surface area contributed by atoms with Crippen LogP contribution in [0.2, 0.25) is 5.02 Å². The lowest BCUT2D eigenvalue weighted by molar-refractivity contribution is -0.385. The second-order valence-electron chi connectivity index (χ2n) is 6.34. The molecule has 0 spiro atoms. The fraction of sp³-hybridized carbons (Fsp3) is 0.316. The number of amides is 1. The van der Waals surface area contributed by atoms with Gasteiger partial charge < -0.3 is 4.90 Å². The van der Waals surface area contributed by atoms with Crippen LogP contribution in [0.3, 0.4) is 0 Å². The van der Waals surface area contributed by atoms with E-state index in [-0.39, 0.29) is 22.2 Å². The first-order valence-electron chi connectivity index (χ1n) is 8.31. The molecule has 5 nitrogen and oxygen atoms in total. The molecule has 6 heteroatoms. The van der Waals surface area contributed by atoms with Crippen molar-refractivity contribution in [3.05, 3.63) is 74.8 Å². The molecule has 0 N–H and O–H groups in total. The van der Waals surface area contributed by atoms with E-state index in [9.17, 15) is 14.9 Å². The van der Waals surface area contributed by atoms with Crippen molar-refractivity contribution in [3.8, 4) is 0 Å². The van der Waals surface area contributed by atoms with Crippen molar-refractivity contribution in [2.75, 3.05) is 13.1 Å². The van der Waals surface area contributed by atoms with Gasteiger partial charge in [0.1, 0.15) is 5.56 Å². The van der Waals surface area contributed by atoms with Crippen molar-refractivity contribution < 1.29 is 9.72 Å². The van der Waals surface area contributed by atoms with Crippen LogP contribution in [-0.2, 0) is 6.42 Å². The Kier molecular flexibility index (Phi) is 5.34. The normalized spacial score (nSPS) is 15.2. The molecule has 1 amide bonds. The molecule has 1 aliphatic rings. The summed E-state index contributed by atoms with van der Waals surface area (Å²) >= 11 is 5.82. The highest BCUT2D eigenvalue weighted by Crippen LogP contribution is 2.27. The van der Waals surface area contributed by atoms with E-state index in [1.54, 1.807) is 4.90 Å². The van der Waals surface area contributed by atoms with E-state index < -0.39 is 4.92 Å². The average molecular weight is 359 g/mol. The van der Waals surface area contributed by atoms with Gasteiger partial charge in [-0.2, -0.15) is 0 Å². The fourth-order valence-corrected chi connectivity index (χ4v) is 3.46. The van der Waals surface area contributed by atoms with Gasteiger partial charge in [0.15, 0.2) is 0 Å². The molecule has 0 aromatic heterocycles. The second kappa shape index (κ2) is 7.66. The lowest BCUT2D eigenvalue weighted by Crippen LogP contribution is -2.39. The van der Waals surface area contributed by atoms with Crippen LogP contribution in [0, 0.1) is 16.0 Å². The minimum Gasteiger partial charge on any atom is -0.338 e. The zero-order valence-corrected chi connectivity index (χ0v) is 14.5. The summed E-state index contributed by atoms with van der Waals surface area (Å²) in [5, 5.41) is 11.4. The first-order valence-corrected chi connectivity index (χ1v) is 8.69. The number of rotatable bonds is 4. The Morgan fingerprint density at radius 3 is 2.48 bits per heavy atom. The number of nitro benzene ring substituents is 1. The molecule has 0 radical (unpaired) electrons. The van der Waals surface area contributed by atoms with Crippen LogP contribution in [0.4, 0.5) is 5.69 Å². The molecular weight excluding hydrogens is 340 g/mol. The van der Waals surface area contributed by atoms with Crippen LogP contribution in [0.15, 0.2) is 48.5 Å². The minimum absolute atomic E-state index is 0.107. The van der Waals surface area contributed by atoms with E-state index in [1.165, 1.54) is 23.8 Å². The zero-order valence-electron chi connectivity index (χ0n) is 13.7. The number of carbonyl (C=O) groups excluding carboxylic acids is 1. The van der Waals surface area contributed by atoms with E-state index in [0.29, 0.717) is 19.0 Å². The SMILES string of the molecule is O=C(c1ccc(Cl)cc1[N+](=O)[O-])N1CCC(Cc2ccccc2)CC1. The largest absolute Gasteiger partial charge is 0.338 e. The van der Waals surface area contributed by atoms with E-state index in [0.717, 1.165) is 19.3 Å². The molecule has 1 fully saturated rings. The number of carbonyl (C=O) groups is 1. The molecule has 2 aromatic rings. The first-order chi connectivity index (χ1) is 12.0. The maximum atomic E-state index is 12.7. The Labute approximate surface area is 151 Å².